The van der Waals surface area contributed by atoms with Crippen molar-refractivity contribution >= 4 is 5.97 Å². The van der Waals surface area contributed by atoms with Crippen LogP contribution < -0.4 is 5.32 Å². The molecule has 14 heavy (non-hydrogen) atoms. The van der Waals surface area contributed by atoms with E-state index in [4.69, 9.17) is 14.6 Å². The molecule has 0 rings (SSSR count). The van der Waals surface area contributed by atoms with Gasteiger partial charge >= 0.3 is 5.97 Å². The molecule has 0 aromatic carbocycles. The van der Waals surface area contributed by atoms with Crippen LogP contribution in [0.3, 0.4) is 0 Å². The predicted octanol–water partition coefficient (Wildman–Crippen LogP) is 0.104. The summed E-state index contributed by atoms with van der Waals surface area (Å²) in [5, 5.41) is 11.4. The first-order valence-electron chi connectivity index (χ1n) is 4.85. The molecule has 0 saturated heterocycles. The van der Waals surface area contributed by atoms with Crippen molar-refractivity contribution in [1.29, 1.82) is 0 Å². The van der Waals surface area contributed by atoms with Crippen molar-refractivity contribution in [2.45, 2.75) is 13.3 Å². The molecule has 0 aromatic rings. The standard InChI is InChI=1S/C9H19NO4/c1-2-10-4-6-14-8-7-13-5-3-9(11)12/h10H,2-8H2,1H3,(H,11,12). The topological polar surface area (TPSA) is 67.8 Å². The van der Waals surface area contributed by atoms with E-state index in [9.17, 15) is 4.79 Å². The molecule has 0 spiro atoms. The zero-order valence-corrected chi connectivity index (χ0v) is 8.62. The molecule has 5 heteroatoms. The molecule has 84 valence electrons. The number of rotatable bonds is 10. The zero-order chi connectivity index (χ0) is 10.6. The molecule has 2 N–H and O–H groups in total. The van der Waals surface area contributed by atoms with E-state index in [1.54, 1.807) is 0 Å². The van der Waals surface area contributed by atoms with Crippen LogP contribution in [0.15, 0.2) is 0 Å². The number of likely N-dealkylation sites (N-methyl/N-ethyl adjacent to an activating group) is 1. The molecule has 0 unspecified atom stereocenters. The summed E-state index contributed by atoms with van der Waals surface area (Å²) in [5.41, 5.74) is 0. The number of hydrogen-bond acceptors (Lipinski definition) is 4. The van der Waals surface area contributed by atoms with Crippen molar-refractivity contribution in [2.24, 2.45) is 0 Å². The number of aliphatic carboxylic acids is 1. The van der Waals surface area contributed by atoms with Gasteiger partial charge in [-0.2, -0.15) is 0 Å². The van der Waals surface area contributed by atoms with E-state index < -0.39 is 5.97 Å². The first kappa shape index (κ1) is 13.4. The van der Waals surface area contributed by atoms with Gasteiger partial charge in [-0.25, -0.2) is 0 Å². The van der Waals surface area contributed by atoms with Crippen molar-refractivity contribution in [2.75, 3.05) is 39.5 Å². The lowest BCUT2D eigenvalue weighted by Crippen LogP contribution is -2.20. The molecule has 0 heterocycles. The number of carbonyl (C=O) groups is 1. The van der Waals surface area contributed by atoms with Gasteiger partial charge in [0.05, 0.1) is 32.8 Å². The molecular formula is C9H19NO4. The van der Waals surface area contributed by atoms with E-state index in [1.165, 1.54) is 0 Å². The van der Waals surface area contributed by atoms with E-state index in [0.29, 0.717) is 19.8 Å². The Kier molecular flexibility index (Phi) is 9.95. The normalized spacial score (nSPS) is 10.4. The average molecular weight is 205 g/mol. The fraction of sp³-hybridized carbons (Fsp3) is 0.889. The fourth-order valence-electron chi connectivity index (χ4n) is 0.803. The van der Waals surface area contributed by atoms with Gasteiger partial charge in [0.2, 0.25) is 0 Å². The quantitative estimate of drug-likeness (QED) is 0.495. The Labute approximate surface area is 84.4 Å². The SMILES string of the molecule is CCNCCOCCOCCC(=O)O. The van der Waals surface area contributed by atoms with Gasteiger partial charge in [0.25, 0.3) is 0 Å². The van der Waals surface area contributed by atoms with E-state index >= 15 is 0 Å². The minimum absolute atomic E-state index is 0.0530. The van der Waals surface area contributed by atoms with Crippen molar-refractivity contribution in [3.8, 4) is 0 Å². The summed E-state index contributed by atoms with van der Waals surface area (Å²) in [6, 6.07) is 0. The third-order valence-corrected chi connectivity index (χ3v) is 1.51. The summed E-state index contributed by atoms with van der Waals surface area (Å²) in [4.78, 5) is 10.1. The second kappa shape index (κ2) is 10.4. The summed E-state index contributed by atoms with van der Waals surface area (Å²) in [7, 11) is 0. The highest BCUT2D eigenvalue weighted by Crippen LogP contribution is 1.83. The summed E-state index contributed by atoms with van der Waals surface area (Å²) >= 11 is 0. The first-order valence-corrected chi connectivity index (χ1v) is 4.85. The maximum Gasteiger partial charge on any atom is 0.305 e. The number of hydrogen-bond donors (Lipinski definition) is 2. The van der Waals surface area contributed by atoms with Gasteiger partial charge in [0, 0.05) is 6.54 Å². The summed E-state index contributed by atoms with van der Waals surface area (Å²) in [6.07, 6.45) is 0.0530. The molecule has 0 amide bonds. The number of carboxylic acids is 1. The fourth-order valence-corrected chi connectivity index (χ4v) is 0.803. The average Bonchev–Trinajstić information content (AvgIpc) is 2.15. The van der Waals surface area contributed by atoms with E-state index in [-0.39, 0.29) is 13.0 Å². The lowest BCUT2D eigenvalue weighted by Gasteiger charge is -2.04. The van der Waals surface area contributed by atoms with Crippen LogP contribution in [0.1, 0.15) is 13.3 Å². The highest BCUT2D eigenvalue weighted by atomic mass is 16.5. The van der Waals surface area contributed by atoms with Crippen molar-refractivity contribution in [1.82, 2.24) is 5.32 Å². The van der Waals surface area contributed by atoms with E-state index in [1.807, 2.05) is 6.92 Å². The lowest BCUT2D eigenvalue weighted by molar-refractivity contribution is -0.138. The highest BCUT2D eigenvalue weighted by Gasteiger charge is 1.95. The molecule has 0 aliphatic rings. The van der Waals surface area contributed by atoms with E-state index in [0.717, 1.165) is 13.1 Å². The van der Waals surface area contributed by atoms with Gasteiger partial charge in [0.1, 0.15) is 0 Å². The van der Waals surface area contributed by atoms with Gasteiger partial charge in [-0.15, -0.1) is 0 Å². The largest absolute Gasteiger partial charge is 0.481 e. The van der Waals surface area contributed by atoms with Crippen LogP contribution in [-0.4, -0.2) is 50.6 Å². The highest BCUT2D eigenvalue weighted by molar-refractivity contribution is 5.66. The Morgan fingerprint density at radius 3 is 2.43 bits per heavy atom. The monoisotopic (exact) mass is 205 g/mol. The molecule has 0 aliphatic heterocycles. The zero-order valence-electron chi connectivity index (χ0n) is 8.62. The van der Waals surface area contributed by atoms with Gasteiger partial charge in [-0.3, -0.25) is 4.79 Å². The maximum absolute atomic E-state index is 10.1. The van der Waals surface area contributed by atoms with Gasteiger partial charge in [-0.05, 0) is 6.54 Å². The third-order valence-electron chi connectivity index (χ3n) is 1.51. The summed E-state index contributed by atoms with van der Waals surface area (Å²) in [6.45, 7) is 5.71. The first-order chi connectivity index (χ1) is 6.77. The molecule has 0 aliphatic carbocycles. The Morgan fingerprint density at radius 2 is 1.86 bits per heavy atom. The second-order valence-electron chi connectivity index (χ2n) is 2.72. The van der Waals surface area contributed by atoms with Gasteiger partial charge in [0.15, 0.2) is 0 Å². The predicted molar refractivity (Wildman–Crippen MR) is 52.4 cm³/mol. The third kappa shape index (κ3) is 11.4. The van der Waals surface area contributed by atoms with Crippen molar-refractivity contribution < 1.29 is 19.4 Å². The van der Waals surface area contributed by atoms with Gasteiger partial charge in [-0.1, -0.05) is 6.92 Å². The second-order valence-corrected chi connectivity index (χ2v) is 2.72. The number of nitrogens with one attached hydrogen (secondary N) is 1. The minimum atomic E-state index is -0.835. The Bertz CT molecular complexity index is 141. The Hall–Kier alpha value is -0.650. The molecule has 0 saturated carbocycles. The molecular weight excluding hydrogens is 186 g/mol. The Morgan fingerprint density at radius 1 is 1.21 bits per heavy atom. The Balaban J connectivity index is 2.88. The minimum Gasteiger partial charge on any atom is -0.481 e. The maximum atomic E-state index is 10.1. The van der Waals surface area contributed by atoms with Crippen LogP contribution in [-0.2, 0) is 14.3 Å². The van der Waals surface area contributed by atoms with Crippen LogP contribution in [0.2, 0.25) is 0 Å². The molecule has 5 nitrogen and oxygen atoms in total. The van der Waals surface area contributed by atoms with Crippen LogP contribution in [0, 0.1) is 0 Å². The smallest absolute Gasteiger partial charge is 0.305 e. The van der Waals surface area contributed by atoms with Gasteiger partial charge < -0.3 is 19.9 Å². The summed E-state index contributed by atoms with van der Waals surface area (Å²) in [5.74, 6) is -0.835. The number of ether oxygens (including phenoxy) is 2. The number of carboxylic acid groups (broad SMARTS) is 1. The molecule has 0 radical (unpaired) electrons. The molecule has 0 fully saturated rings. The summed E-state index contributed by atoms with van der Waals surface area (Å²) < 4.78 is 10.2. The van der Waals surface area contributed by atoms with Crippen molar-refractivity contribution in [3.63, 3.8) is 0 Å². The lowest BCUT2D eigenvalue weighted by atomic mass is 10.5. The van der Waals surface area contributed by atoms with E-state index in [2.05, 4.69) is 5.32 Å². The molecule has 0 aromatic heterocycles. The molecule has 0 atom stereocenters. The van der Waals surface area contributed by atoms with Crippen LogP contribution in [0.4, 0.5) is 0 Å². The van der Waals surface area contributed by atoms with Crippen LogP contribution in [0.25, 0.3) is 0 Å². The van der Waals surface area contributed by atoms with Crippen LogP contribution in [0.5, 0.6) is 0 Å². The van der Waals surface area contributed by atoms with Crippen molar-refractivity contribution in [3.05, 3.63) is 0 Å². The van der Waals surface area contributed by atoms with Crippen LogP contribution >= 0.6 is 0 Å². The molecule has 0 bridgehead atoms.